The van der Waals surface area contributed by atoms with Crippen molar-refractivity contribution in [2.45, 2.75) is 56.3 Å². The smallest absolute Gasteiger partial charge is 0.413 e. The molecule has 0 radical (unpaired) electrons. The number of fused-ring (bicyclic) bond motifs is 1. The first-order valence-electron chi connectivity index (χ1n) is 12.1. The maximum Gasteiger partial charge on any atom is 0.413 e. The number of carboxylic acids is 1. The summed E-state index contributed by atoms with van der Waals surface area (Å²) in [7, 11) is 1.68. The van der Waals surface area contributed by atoms with Gasteiger partial charge in [-0.2, -0.15) is 0 Å². The number of β-lactam (4-membered cyclic amide) rings is 1. The van der Waals surface area contributed by atoms with Crippen LogP contribution in [-0.4, -0.2) is 87.6 Å². The van der Waals surface area contributed by atoms with Crippen molar-refractivity contribution in [2.24, 2.45) is 7.05 Å². The van der Waals surface area contributed by atoms with Crippen molar-refractivity contribution in [2.75, 3.05) is 16.8 Å². The standard InChI is InChI=1S/C23H28N8O6S3/c1-6-7-12(13-10-39-20(24-13)26-22(36)37-23(2,3)4)16(32)25-14-17(33)31-15(19(34)35)11(8-38-18(14)31)9-40-21-27-28-29-30(21)5/h7,10,14,18H,6,8-9H2,1-5H3,(H,25,32)(H,34,35)(H,24,26,36)/b12-7-/t14?,18-/m0/s1. The number of tetrazole rings is 1. The zero-order valence-electron chi connectivity index (χ0n) is 22.3. The Bertz CT molecular complexity index is 1390. The molecule has 214 valence electrons. The summed E-state index contributed by atoms with van der Waals surface area (Å²) in [4.78, 5) is 56.1. The highest BCUT2D eigenvalue weighted by Crippen LogP contribution is 2.41. The molecule has 2 atom stereocenters. The van der Waals surface area contributed by atoms with Crippen LogP contribution in [0.15, 0.2) is 27.9 Å². The number of hydrogen-bond acceptors (Lipinski definition) is 12. The molecule has 4 heterocycles. The third kappa shape index (κ3) is 6.47. The molecule has 14 nitrogen and oxygen atoms in total. The number of anilines is 1. The average Bonchev–Trinajstić information content (AvgIpc) is 3.50. The molecule has 2 aromatic heterocycles. The van der Waals surface area contributed by atoms with Crippen molar-refractivity contribution in [1.82, 2.24) is 35.4 Å². The molecule has 1 fully saturated rings. The van der Waals surface area contributed by atoms with E-state index in [0.29, 0.717) is 34.3 Å². The van der Waals surface area contributed by atoms with Gasteiger partial charge in [-0.1, -0.05) is 24.8 Å². The zero-order chi connectivity index (χ0) is 29.2. The lowest BCUT2D eigenvalue weighted by Gasteiger charge is -2.49. The lowest BCUT2D eigenvalue weighted by atomic mass is 10.0. The fraction of sp³-hybridized carbons (Fsp3) is 0.478. The van der Waals surface area contributed by atoms with E-state index in [4.69, 9.17) is 4.74 Å². The number of aromatic nitrogens is 5. The third-order valence-electron chi connectivity index (χ3n) is 5.53. The van der Waals surface area contributed by atoms with Crippen LogP contribution in [0.4, 0.5) is 9.93 Å². The second-order valence-electron chi connectivity index (χ2n) is 9.68. The highest BCUT2D eigenvalue weighted by atomic mass is 32.2. The highest BCUT2D eigenvalue weighted by molar-refractivity contribution is 8.01. The van der Waals surface area contributed by atoms with Gasteiger partial charge in [0.2, 0.25) is 5.16 Å². The number of allylic oxidation sites excluding steroid dienone is 1. The van der Waals surface area contributed by atoms with Crippen LogP contribution in [0.1, 0.15) is 39.8 Å². The van der Waals surface area contributed by atoms with Crippen LogP contribution in [0.3, 0.4) is 0 Å². The minimum Gasteiger partial charge on any atom is -0.477 e. The zero-order valence-corrected chi connectivity index (χ0v) is 24.8. The van der Waals surface area contributed by atoms with Crippen LogP contribution in [0.5, 0.6) is 0 Å². The topological polar surface area (TPSA) is 182 Å². The summed E-state index contributed by atoms with van der Waals surface area (Å²) in [6.07, 6.45) is 1.53. The van der Waals surface area contributed by atoms with Crippen LogP contribution >= 0.6 is 34.9 Å². The van der Waals surface area contributed by atoms with Gasteiger partial charge in [0.05, 0.1) is 11.3 Å². The molecule has 0 spiro atoms. The second-order valence-corrected chi connectivity index (χ2v) is 12.6. The molecule has 1 unspecified atom stereocenters. The summed E-state index contributed by atoms with van der Waals surface area (Å²) < 4.78 is 6.71. The number of nitrogens with one attached hydrogen (secondary N) is 2. The van der Waals surface area contributed by atoms with Crippen molar-refractivity contribution in [3.8, 4) is 0 Å². The summed E-state index contributed by atoms with van der Waals surface area (Å²) in [5.74, 6) is -1.58. The number of aliphatic carboxylic acids is 1. The number of carbonyl (C=O) groups is 4. The molecule has 4 rings (SSSR count). The molecule has 3 amide bonds. The lowest BCUT2D eigenvalue weighted by Crippen LogP contribution is -2.70. The van der Waals surface area contributed by atoms with E-state index in [1.165, 1.54) is 33.1 Å². The van der Waals surface area contributed by atoms with Crippen molar-refractivity contribution >= 4 is 69.4 Å². The van der Waals surface area contributed by atoms with Gasteiger partial charge < -0.3 is 15.2 Å². The van der Waals surface area contributed by atoms with Gasteiger partial charge in [0, 0.05) is 23.9 Å². The van der Waals surface area contributed by atoms with Crippen LogP contribution in [0.25, 0.3) is 5.57 Å². The van der Waals surface area contributed by atoms with E-state index in [2.05, 4.69) is 31.1 Å². The number of ether oxygens (including phenoxy) is 1. The fourth-order valence-corrected chi connectivity index (χ4v) is 6.90. The SMILES string of the molecule is CC/C=C(\C(=O)NC1C(=O)N2C(C(=O)O)=C(CSc3nnnn3C)CS[C@@H]12)c1csc(NC(=O)OC(C)(C)C)n1. The van der Waals surface area contributed by atoms with Crippen LogP contribution in [0.2, 0.25) is 0 Å². The molecule has 40 heavy (non-hydrogen) atoms. The Balaban J connectivity index is 1.44. The number of rotatable bonds is 9. The highest BCUT2D eigenvalue weighted by Gasteiger charge is 2.54. The summed E-state index contributed by atoms with van der Waals surface area (Å²) in [5, 5.41) is 28.3. The number of thioether (sulfide) groups is 2. The van der Waals surface area contributed by atoms with Crippen molar-refractivity contribution in [3.05, 3.63) is 28.4 Å². The average molecular weight is 609 g/mol. The molecule has 2 aliphatic heterocycles. The van der Waals surface area contributed by atoms with E-state index in [-0.39, 0.29) is 16.4 Å². The second kappa shape index (κ2) is 12.0. The normalized spacial score (nSPS) is 19.2. The van der Waals surface area contributed by atoms with Crippen LogP contribution < -0.4 is 10.6 Å². The van der Waals surface area contributed by atoms with Crippen molar-refractivity contribution in [1.29, 1.82) is 0 Å². The van der Waals surface area contributed by atoms with Gasteiger partial charge in [-0.05, 0) is 43.2 Å². The number of aryl methyl sites for hydroxylation is 1. The van der Waals surface area contributed by atoms with E-state index >= 15 is 0 Å². The predicted molar refractivity (Wildman–Crippen MR) is 149 cm³/mol. The molecular formula is C23H28N8O6S3. The predicted octanol–water partition coefficient (Wildman–Crippen LogP) is 2.34. The van der Waals surface area contributed by atoms with Gasteiger partial charge in [0.25, 0.3) is 11.8 Å². The molecule has 0 aromatic carbocycles. The molecule has 0 saturated carbocycles. The van der Waals surface area contributed by atoms with E-state index < -0.39 is 40.9 Å². The quantitative estimate of drug-likeness (QED) is 0.215. The molecular weight excluding hydrogens is 581 g/mol. The summed E-state index contributed by atoms with van der Waals surface area (Å²) >= 11 is 3.78. The lowest BCUT2D eigenvalue weighted by molar-refractivity contribution is -0.150. The summed E-state index contributed by atoms with van der Waals surface area (Å²) in [5.41, 5.74) is 0.383. The molecule has 0 aliphatic carbocycles. The largest absolute Gasteiger partial charge is 0.477 e. The van der Waals surface area contributed by atoms with E-state index in [9.17, 15) is 24.3 Å². The van der Waals surface area contributed by atoms with Gasteiger partial charge in [0.1, 0.15) is 22.7 Å². The molecule has 17 heteroatoms. The Labute approximate surface area is 242 Å². The van der Waals surface area contributed by atoms with Gasteiger partial charge in [-0.15, -0.1) is 28.2 Å². The van der Waals surface area contributed by atoms with E-state index in [1.54, 1.807) is 39.3 Å². The Morgan fingerprint density at radius 2 is 2.08 bits per heavy atom. The van der Waals surface area contributed by atoms with E-state index in [0.717, 1.165) is 11.3 Å². The maximum absolute atomic E-state index is 13.3. The minimum absolute atomic E-state index is 0.0800. The Kier molecular flexibility index (Phi) is 8.84. The minimum atomic E-state index is -1.21. The molecule has 2 aliphatic rings. The Morgan fingerprint density at radius 3 is 2.70 bits per heavy atom. The molecule has 1 saturated heterocycles. The third-order valence-corrected chi connectivity index (χ3v) is 8.73. The summed E-state index contributed by atoms with van der Waals surface area (Å²) in [6, 6.07) is -0.901. The monoisotopic (exact) mass is 608 g/mol. The van der Waals surface area contributed by atoms with Crippen LogP contribution in [-0.2, 0) is 26.2 Å². The van der Waals surface area contributed by atoms with Gasteiger partial charge in [-0.3, -0.25) is 19.8 Å². The number of hydrogen-bond donors (Lipinski definition) is 3. The van der Waals surface area contributed by atoms with Gasteiger partial charge in [-0.25, -0.2) is 19.3 Å². The Hall–Kier alpha value is -3.44. The van der Waals surface area contributed by atoms with Crippen LogP contribution in [0, 0.1) is 0 Å². The number of thiazole rings is 1. The van der Waals surface area contributed by atoms with Crippen molar-refractivity contribution < 1.29 is 29.0 Å². The number of nitrogens with zero attached hydrogens (tertiary/aromatic N) is 6. The van der Waals surface area contributed by atoms with Gasteiger partial charge >= 0.3 is 12.1 Å². The van der Waals surface area contributed by atoms with E-state index in [1.807, 2.05) is 6.92 Å². The molecule has 2 aromatic rings. The molecule has 0 bridgehead atoms. The first-order chi connectivity index (χ1) is 18.9. The number of amides is 3. The fourth-order valence-electron chi connectivity index (χ4n) is 3.87. The van der Waals surface area contributed by atoms with Gasteiger partial charge in [0.15, 0.2) is 5.13 Å². The number of carbonyl (C=O) groups excluding carboxylic acids is 3. The first kappa shape index (κ1) is 29.5. The maximum atomic E-state index is 13.3. The van der Waals surface area contributed by atoms with Crippen molar-refractivity contribution in [3.63, 3.8) is 0 Å². The Morgan fingerprint density at radius 1 is 1.32 bits per heavy atom. The first-order valence-corrected chi connectivity index (χ1v) is 15.0. The number of carboxylic acid groups (broad SMARTS) is 1. The molecule has 3 N–H and O–H groups in total. The summed E-state index contributed by atoms with van der Waals surface area (Å²) in [6.45, 7) is 7.08.